The zero-order chi connectivity index (χ0) is 39.6. The molecule has 3 aromatic carbocycles. The molecule has 0 fully saturated rings. The van der Waals surface area contributed by atoms with Crippen LogP contribution >= 0.6 is 11.6 Å². The summed E-state index contributed by atoms with van der Waals surface area (Å²) in [5, 5.41) is 17.3. The number of sulfone groups is 1. The molecule has 1 aromatic heterocycles. The third kappa shape index (κ3) is 9.52. The van der Waals surface area contributed by atoms with Crippen LogP contribution in [-0.2, 0) is 39.3 Å². The predicted octanol–water partition coefficient (Wildman–Crippen LogP) is 3.68. The largest absolute Gasteiger partial charge is 0.505 e. The number of anilines is 3. The number of phenolic OH excluding ortho intramolecular Hbond substituents is 1. The van der Waals surface area contributed by atoms with E-state index >= 15 is 0 Å². The van der Waals surface area contributed by atoms with Crippen LogP contribution in [0.1, 0.15) is 18.9 Å². The molecule has 1 aliphatic rings. The molecule has 0 spiro atoms. The fourth-order valence-corrected chi connectivity index (χ4v) is 8.06. The summed E-state index contributed by atoms with van der Waals surface area (Å²) < 4.78 is 99.8. The molecule has 19 nitrogen and oxygen atoms in total. The fourth-order valence-electron chi connectivity index (χ4n) is 5.32. The zero-order valence-corrected chi connectivity index (χ0v) is 31.5. The molecule has 1 amide bonds. The average molecular weight is 824 g/mol. The Morgan fingerprint density at radius 3 is 2.35 bits per heavy atom. The van der Waals surface area contributed by atoms with Crippen LogP contribution in [0.15, 0.2) is 69.6 Å². The van der Waals surface area contributed by atoms with Gasteiger partial charge in [0.1, 0.15) is 16.7 Å². The highest BCUT2D eigenvalue weighted by atomic mass is 35.5. The van der Waals surface area contributed by atoms with Crippen molar-refractivity contribution in [2.45, 2.75) is 30.4 Å². The number of amides is 1. The number of halogens is 1. The van der Waals surface area contributed by atoms with Crippen molar-refractivity contribution in [1.29, 1.82) is 0 Å². The lowest BCUT2D eigenvalue weighted by molar-refractivity contribution is -0.115. The molecule has 0 radical (unpaired) electrons. The molecule has 0 aliphatic heterocycles. The smallest absolute Gasteiger partial charge is 0.397 e. The topological polar surface area (TPSA) is 286 Å². The molecule has 286 valence electrons. The van der Waals surface area contributed by atoms with Crippen molar-refractivity contribution in [2.24, 2.45) is 10.1 Å². The monoisotopic (exact) mass is 823 g/mol. The van der Waals surface area contributed by atoms with E-state index in [1.165, 1.54) is 44.4 Å². The zero-order valence-electron chi connectivity index (χ0n) is 28.2. The first-order valence-electron chi connectivity index (χ1n) is 15.3. The van der Waals surface area contributed by atoms with E-state index in [9.17, 15) is 39.7 Å². The molecular formula is C31H30ClN7O12S3. The number of hydrazone groups is 1. The van der Waals surface area contributed by atoms with Gasteiger partial charge < -0.3 is 15.2 Å². The first-order chi connectivity index (χ1) is 25.3. The van der Waals surface area contributed by atoms with Gasteiger partial charge in [0, 0.05) is 30.4 Å². The Bertz CT molecular complexity index is 2600. The summed E-state index contributed by atoms with van der Waals surface area (Å²) in [7, 11) is -12.3. The van der Waals surface area contributed by atoms with Gasteiger partial charge in [0.15, 0.2) is 15.7 Å². The number of carbonyl (C=O) groups is 1. The summed E-state index contributed by atoms with van der Waals surface area (Å²) in [4.78, 5) is 27.9. The molecule has 23 heteroatoms. The average Bonchev–Trinajstić information content (AvgIpc) is 3.07. The Morgan fingerprint density at radius 1 is 1.00 bits per heavy atom. The van der Waals surface area contributed by atoms with Gasteiger partial charge in [-0.05, 0) is 53.8 Å². The number of ether oxygens (including phenoxy) is 1. The van der Waals surface area contributed by atoms with E-state index < -0.39 is 53.9 Å². The summed E-state index contributed by atoms with van der Waals surface area (Å²) in [6, 6.07) is 10.8. The highest BCUT2D eigenvalue weighted by molar-refractivity contribution is 7.91. The van der Waals surface area contributed by atoms with Gasteiger partial charge in [-0.2, -0.15) is 36.9 Å². The van der Waals surface area contributed by atoms with Gasteiger partial charge in [0.2, 0.25) is 17.1 Å². The third-order valence-electron chi connectivity index (χ3n) is 7.67. The molecule has 54 heavy (non-hydrogen) atoms. The van der Waals surface area contributed by atoms with Crippen LogP contribution in [-0.4, -0.2) is 96.5 Å². The van der Waals surface area contributed by atoms with E-state index in [4.69, 9.17) is 20.9 Å². The number of hydrogen-bond acceptors (Lipinski definition) is 16. The normalized spacial score (nSPS) is 16.5. The van der Waals surface area contributed by atoms with Crippen molar-refractivity contribution in [3.05, 3.63) is 65.5 Å². The van der Waals surface area contributed by atoms with E-state index in [0.717, 1.165) is 6.92 Å². The van der Waals surface area contributed by atoms with Crippen LogP contribution in [0.5, 0.6) is 11.5 Å². The SMILES string of the molecule is COc1cc(S(=O)(=O)CCOS(=O)(=O)O)c(C)cc1Nc1nc(Cl)nc(-c2cc(N/N=C3\C=CC(=NC(C)=O)C(S(=O)(=O)O)C3)c(O)c3ccccc23)n1. The summed E-state index contributed by atoms with van der Waals surface area (Å²) in [5.74, 6) is -1.71. The summed E-state index contributed by atoms with van der Waals surface area (Å²) in [6.45, 7) is 1.80. The maximum Gasteiger partial charge on any atom is 0.397 e. The lowest BCUT2D eigenvalue weighted by Crippen LogP contribution is -2.34. The minimum absolute atomic E-state index is 0.0206. The summed E-state index contributed by atoms with van der Waals surface area (Å²) in [5.41, 5.74) is 3.50. The van der Waals surface area contributed by atoms with Crippen molar-refractivity contribution in [3.8, 4) is 22.9 Å². The van der Waals surface area contributed by atoms with Crippen molar-refractivity contribution in [1.82, 2.24) is 15.0 Å². The van der Waals surface area contributed by atoms with Gasteiger partial charge in [-0.15, -0.1) is 0 Å². The minimum Gasteiger partial charge on any atom is -0.505 e. The number of phenols is 1. The molecule has 0 saturated carbocycles. The van der Waals surface area contributed by atoms with Gasteiger partial charge in [-0.1, -0.05) is 24.3 Å². The number of methoxy groups -OCH3 is 1. The first-order valence-corrected chi connectivity index (χ1v) is 20.2. The summed E-state index contributed by atoms with van der Waals surface area (Å²) >= 11 is 6.34. The second-order valence-corrected chi connectivity index (χ2v) is 16.5. The minimum atomic E-state index is -4.85. The summed E-state index contributed by atoms with van der Waals surface area (Å²) in [6.07, 6.45) is 2.30. The van der Waals surface area contributed by atoms with Crippen molar-refractivity contribution in [2.75, 3.05) is 30.2 Å². The Morgan fingerprint density at radius 2 is 1.70 bits per heavy atom. The number of aromatic nitrogens is 3. The van der Waals surface area contributed by atoms with Gasteiger partial charge >= 0.3 is 10.4 Å². The molecule has 1 aliphatic carbocycles. The molecule has 1 unspecified atom stereocenters. The van der Waals surface area contributed by atoms with Crippen LogP contribution < -0.4 is 15.5 Å². The van der Waals surface area contributed by atoms with E-state index in [-0.39, 0.29) is 68.2 Å². The number of nitrogens with zero attached hydrogens (tertiary/aromatic N) is 5. The number of carbonyl (C=O) groups excluding carboxylic acids is 1. The van der Waals surface area contributed by atoms with E-state index in [1.807, 2.05) is 0 Å². The molecule has 4 aromatic rings. The maximum absolute atomic E-state index is 13.0. The molecule has 1 atom stereocenters. The lowest BCUT2D eigenvalue weighted by atomic mass is 10.0. The second kappa shape index (κ2) is 15.7. The van der Waals surface area contributed by atoms with Gasteiger partial charge in [-0.25, -0.2) is 17.6 Å². The van der Waals surface area contributed by atoms with Crippen LogP contribution in [0.3, 0.4) is 0 Å². The van der Waals surface area contributed by atoms with E-state index in [1.54, 1.807) is 24.3 Å². The van der Waals surface area contributed by atoms with Gasteiger partial charge in [0.05, 0.1) is 47.2 Å². The number of aromatic hydroxyl groups is 1. The Labute approximate surface area is 313 Å². The van der Waals surface area contributed by atoms with E-state index in [2.05, 4.69) is 40.0 Å². The number of aryl methyl sites for hydroxylation is 1. The number of nitrogens with one attached hydrogen (secondary N) is 2. The second-order valence-electron chi connectivity index (χ2n) is 11.4. The Balaban J connectivity index is 1.50. The molecule has 5 rings (SSSR count). The molecule has 0 saturated heterocycles. The van der Waals surface area contributed by atoms with Gasteiger partial charge in [-0.3, -0.25) is 19.3 Å². The third-order valence-corrected chi connectivity index (χ3v) is 11.2. The van der Waals surface area contributed by atoms with Crippen LogP contribution in [0.25, 0.3) is 22.2 Å². The van der Waals surface area contributed by atoms with Crippen LogP contribution in [0, 0.1) is 6.92 Å². The van der Waals surface area contributed by atoms with Crippen molar-refractivity contribution >= 4 is 87.4 Å². The maximum atomic E-state index is 13.0. The number of aliphatic imine (C=N–C) groups is 1. The molecule has 5 N–H and O–H groups in total. The van der Waals surface area contributed by atoms with E-state index in [0.29, 0.717) is 16.3 Å². The van der Waals surface area contributed by atoms with Gasteiger partial charge in [0.25, 0.3) is 10.1 Å². The number of allylic oxidation sites excluding steroid dienone is 2. The molecule has 1 heterocycles. The standard InChI is InChI=1S/C31H30ClN7O12S3/c1-16-12-23(25(50-3)15-26(16)52(42,43)11-10-51-54(47,48)49)34-31-36-29(35-30(32)37-31)21-14-24(28(41)20-7-5-4-6-19(20)21)39-38-18-8-9-22(33-17(2)40)27(13-18)53(44,45)46/h4-9,12,14-15,27,39,41H,10-11,13H2,1-3H3,(H,44,45,46)(H,47,48,49)(H,34,35,36,37)/b33-22?,38-18+. The van der Waals surface area contributed by atoms with Crippen LogP contribution in [0.2, 0.25) is 5.28 Å². The predicted molar refractivity (Wildman–Crippen MR) is 198 cm³/mol. The Hall–Kier alpha value is -5.10. The number of benzene rings is 3. The van der Waals surface area contributed by atoms with Crippen LogP contribution in [0.4, 0.5) is 17.3 Å². The highest BCUT2D eigenvalue weighted by Crippen LogP contribution is 2.40. The van der Waals surface area contributed by atoms with Crippen molar-refractivity contribution < 1.29 is 53.2 Å². The molecule has 0 bridgehead atoms. The number of hydrogen-bond donors (Lipinski definition) is 5. The fraction of sp³-hybridized carbons (Fsp3) is 0.226. The number of fused-ring (bicyclic) bond motifs is 1. The Kier molecular flexibility index (Phi) is 11.7. The number of rotatable bonds is 12. The highest BCUT2D eigenvalue weighted by Gasteiger charge is 2.32. The van der Waals surface area contributed by atoms with Crippen molar-refractivity contribution in [3.63, 3.8) is 0 Å². The first kappa shape index (κ1) is 40.1. The quantitative estimate of drug-likeness (QED) is 0.0774. The lowest BCUT2D eigenvalue weighted by Gasteiger charge is -2.18. The molecular weight excluding hydrogens is 794 g/mol.